The molecule has 0 spiro atoms. The van der Waals surface area contributed by atoms with E-state index in [-0.39, 0.29) is 6.04 Å². The van der Waals surface area contributed by atoms with E-state index in [0.29, 0.717) is 19.4 Å². The molecule has 4 nitrogen and oxygen atoms in total. The first-order chi connectivity index (χ1) is 11.5. The molecule has 2 rings (SSSR count). The normalized spacial score (nSPS) is 13.3. The third-order valence-corrected chi connectivity index (χ3v) is 4.66. The van der Waals surface area contributed by atoms with Gasteiger partial charge < -0.3 is 15.1 Å². The van der Waals surface area contributed by atoms with Crippen LogP contribution < -0.4 is 0 Å². The number of halogens is 1. The fourth-order valence-electron chi connectivity index (χ4n) is 2.67. The third kappa shape index (κ3) is 5.08. The van der Waals surface area contributed by atoms with Gasteiger partial charge in [0, 0.05) is 11.0 Å². The number of hydrogen-bond acceptors (Lipinski definition) is 2. The summed E-state index contributed by atoms with van der Waals surface area (Å²) in [6, 6.07) is 16.9. The van der Waals surface area contributed by atoms with Gasteiger partial charge in [-0.1, -0.05) is 58.4 Å². The first-order valence-electron chi connectivity index (χ1n) is 7.97. The SMILES string of the molecule is C[C@@H](c1ccc(Br)cc1)N(CCCC(O)c1ccccc1)C(=O)O. The lowest BCUT2D eigenvalue weighted by molar-refractivity contribution is 0.118. The summed E-state index contributed by atoms with van der Waals surface area (Å²) >= 11 is 3.38. The van der Waals surface area contributed by atoms with Gasteiger partial charge >= 0.3 is 6.09 Å². The van der Waals surface area contributed by atoms with Gasteiger partial charge in [-0.25, -0.2) is 4.79 Å². The molecule has 0 saturated heterocycles. The summed E-state index contributed by atoms with van der Waals surface area (Å²) in [4.78, 5) is 13.0. The molecule has 2 aromatic carbocycles. The summed E-state index contributed by atoms with van der Waals surface area (Å²) in [5.74, 6) is 0. The Labute approximate surface area is 150 Å². The molecule has 2 N–H and O–H groups in total. The third-order valence-electron chi connectivity index (χ3n) is 4.13. The zero-order valence-electron chi connectivity index (χ0n) is 13.6. The predicted molar refractivity (Wildman–Crippen MR) is 97.9 cm³/mol. The second-order valence-electron chi connectivity index (χ2n) is 5.77. The summed E-state index contributed by atoms with van der Waals surface area (Å²) < 4.78 is 0.964. The van der Waals surface area contributed by atoms with Crippen molar-refractivity contribution in [1.29, 1.82) is 0 Å². The van der Waals surface area contributed by atoms with E-state index >= 15 is 0 Å². The Bertz CT molecular complexity index is 645. The number of hydrogen-bond donors (Lipinski definition) is 2. The van der Waals surface area contributed by atoms with E-state index in [4.69, 9.17) is 0 Å². The van der Waals surface area contributed by atoms with Crippen LogP contribution in [0.3, 0.4) is 0 Å². The summed E-state index contributed by atoms with van der Waals surface area (Å²) in [7, 11) is 0. The largest absolute Gasteiger partial charge is 0.465 e. The summed E-state index contributed by atoms with van der Waals surface area (Å²) in [5.41, 5.74) is 1.81. The zero-order chi connectivity index (χ0) is 17.5. The van der Waals surface area contributed by atoms with Gasteiger partial charge in [0.2, 0.25) is 0 Å². The molecular weight excluding hydrogens is 370 g/mol. The smallest absolute Gasteiger partial charge is 0.407 e. The number of amides is 1. The van der Waals surface area contributed by atoms with Gasteiger partial charge in [0.15, 0.2) is 0 Å². The number of aliphatic hydroxyl groups excluding tert-OH is 1. The fraction of sp³-hybridized carbons (Fsp3) is 0.316. The van der Waals surface area contributed by atoms with Crippen LogP contribution in [-0.2, 0) is 0 Å². The van der Waals surface area contributed by atoms with Crippen molar-refractivity contribution < 1.29 is 15.0 Å². The van der Waals surface area contributed by atoms with Crippen LogP contribution in [0.5, 0.6) is 0 Å². The molecule has 0 aliphatic heterocycles. The van der Waals surface area contributed by atoms with Crippen molar-refractivity contribution in [2.24, 2.45) is 0 Å². The molecule has 0 aliphatic rings. The molecule has 0 aliphatic carbocycles. The van der Waals surface area contributed by atoms with Crippen LogP contribution in [0.25, 0.3) is 0 Å². The quantitative estimate of drug-likeness (QED) is 0.697. The van der Waals surface area contributed by atoms with E-state index in [1.165, 1.54) is 4.90 Å². The van der Waals surface area contributed by atoms with Gasteiger partial charge in [0.25, 0.3) is 0 Å². The number of rotatable bonds is 7. The van der Waals surface area contributed by atoms with Crippen molar-refractivity contribution in [3.05, 3.63) is 70.2 Å². The maximum atomic E-state index is 11.6. The maximum absolute atomic E-state index is 11.6. The lowest BCUT2D eigenvalue weighted by atomic mass is 10.0. The monoisotopic (exact) mass is 391 g/mol. The predicted octanol–water partition coefficient (Wildman–Crippen LogP) is 5.00. The number of nitrogens with zero attached hydrogens (tertiary/aromatic N) is 1. The molecule has 24 heavy (non-hydrogen) atoms. The van der Waals surface area contributed by atoms with Gasteiger partial charge in [-0.3, -0.25) is 0 Å². The Balaban J connectivity index is 1.94. The Morgan fingerprint density at radius 3 is 2.29 bits per heavy atom. The van der Waals surface area contributed by atoms with E-state index in [2.05, 4.69) is 15.9 Å². The number of benzene rings is 2. The molecule has 128 valence electrons. The van der Waals surface area contributed by atoms with Crippen LogP contribution >= 0.6 is 15.9 Å². The molecule has 0 bridgehead atoms. The van der Waals surface area contributed by atoms with E-state index in [9.17, 15) is 15.0 Å². The van der Waals surface area contributed by atoms with Crippen molar-refractivity contribution in [2.45, 2.75) is 31.9 Å². The van der Waals surface area contributed by atoms with Crippen LogP contribution in [0.2, 0.25) is 0 Å². The first-order valence-corrected chi connectivity index (χ1v) is 8.76. The molecule has 2 atom stereocenters. The minimum absolute atomic E-state index is 0.232. The van der Waals surface area contributed by atoms with Crippen molar-refractivity contribution in [1.82, 2.24) is 4.90 Å². The molecular formula is C19H22BrNO3. The van der Waals surface area contributed by atoms with Gasteiger partial charge in [0.05, 0.1) is 12.1 Å². The fourth-order valence-corrected chi connectivity index (χ4v) is 2.94. The van der Waals surface area contributed by atoms with E-state index < -0.39 is 12.2 Å². The second kappa shape index (κ2) is 8.85. The molecule has 0 saturated carbocycles. The van der Waals surface area contributed by atoms with Crippen LogP contribution in [0, 0.1) is 0 Å². The summed E-state index contributed by atoms with van der Waals surface area (Å²) in [5, 5.41) is 19.7. The Kier molecular flexibility index (Phi) is 6.82. The highest BCUT2D eigenvalue weighted by Crippen LogP contribution is 2.24. The van der Waals surface area contributed by atoms with E-state index in [1.54, 1.807) is 0 Å². The molecule has 0 fully saturated rings. The van der Waals surface area contributed by atoms with Crippen LogP contribution in [-0.4, -0.2) is 27.8 Å². The minimum Gasteiger partial charge on any atom is -0.465 e. The highest BCUT2D eigenvalue weighted by atomic mass is 79.9. The topological polar surface area (TPSA) is 60.8 Å². The first kappa shape index (κ1) is 18.5. The average Bonchev–Trinajstić information content (AvgIpc) is 2.59. The highest BCUT2D eigenvalue weighted by molar-refractivity contribution is 9.10. The van der Waals surface area contributed by atoms with Crippen LogP contribution in [0.1, 0.15) is 43.0 Å². The molecule has 0 aromatic heterocycles. The van der Waals surface area contributed by atoms with Crippen molar-refractivity contribution >= 4 is 22.0 Å². The van der Waals surface area contributed by atoms with Gasteiger partial charge in [-0.2, -0.15) is 0 Å². The maximum Gasteiger partial charge on any atom is 0.407 e. The van der Waals surface area contributed by atoms with E-state index in [0.717, 1.165) is 15.6 Å². The number of carboxylic acid groups (broad SMARTS) is 1. The average molecular weight is 392 g/mol. The molecule has 1 amide bonds. The Morgan fingerprint density at radius 1 is 1.08 bits per heavy atom. The van der Waals surface area contributed by atoms with Crippen LogP contribution in [0.4, 0.5) is 4.79 Å². The molecule has 1 unspecified atom stereocenters. The summed E-state index contributed by atoms with van der Waals surface area (Å²) in [6.07, 6.45) is -0.381. The van der Waals surface area contributed by atoms with Gasteiger partial charge in [0.1, 0.15) is 0 Å². The van der Waals surface area contributed by atoms with Crippen molar-refractivity contribution in [2.75, 3.05) is 6.54 Å². The van der Waals surface area contributed by atoms with Gasteiger partial charge in [-0.15, -0.1) is 0 Å². The van der Waals surface area contributed by atoms with Gasteiger partial charge in [-0.05, 0) is 43.0 Å². The zero-order valence-corrected chi connectivity index (χ0v) is 15.2. The molecule has 5 heteroatoms. The Hall–Kier alpha value is -1.85. The minimum atomic E-state index is -0.945. The molecule has 0 heterocycles. The van der Waals surface area contributed by atoms with E-state index in [1.807, 2.05) is 61.5 Å². The highest BCUT2D eigenvalue weighted by Gasteiger charge is 2.21. The lowest BCUT2D eigenvalue weighted by Crippen LogP contribution is -2.33. The van der Waals surface area contributed by atoms with Crippen molar-refractivity contribution in [3.63, 3.8) is 0 Å². The molecule has 0 radical (unpaired) electrons. The van der Waals surface area contributed by atoms with Crippen LogP contribution in [0.15, 0.2) is 59.1 Å². The lowest BCUT2D eigenvalue weighted by Gasteiger charge is -2.27. The van der Waals surface area contributed by atoms with Crippen molar-refractivity contribution in [3.8, 4) is 0 Å². The number of carbonyl (C=O) groups is 1. The standard InChI is InChI=1S/C19H22BrNO3/c1-14(15-9-11-17(20)12-10-15)21(19(23)24)13-5-8-18(22)16-6-3-2-4-7-16/h2-4,6-7,9-12,14,18,22H,5,8,13H2,1H3,(H,23,24)/t14-,18?/m0/s1. The summed E-state index contributed by atoms with van der Waals surface area (Å²) in [6.45, 7) is 2.27. The molecule has 2 aromatic rings. The second-order valence-corrected chi connectivity index (χ2v) is 6.69. The number of aliphatic hydroxyl groups is 1. The Morgan fingerprint density at radius 2 is 1.71 bits per heavy atom.